The monoisotopic (exact) mass is 519 g/mol. The van der Waals surface area contributed by atoms with Crippen molar-refractivity contribution in [2.75, 3.05) is 0 Å². The van der Waals surface area contributed by atoms with Crippen molar-refractivity contribution in [1.29, 1.82) is 10.5 Å². The molecular formula is C30H21N3O2S2. The molecule has 1 atom stereocenters. The first-order valence-corrected chi connectivity index (χ1v) is 13.8. The molecule has 0 aliphatic carbocycles. The number of sulfonamides is 1. The third kappa shape index (κ3) is 4.25. The van der Waals surface area contributed by atoms with Crippen molar-refractivity contribution in [3.05, 3.63) is 135 Å². The minimum absolute atomic E-state index is 0.0887. The molecule has 0 bridgehead atoms. The molecule has 4 aromatic rings. The van der Waals surface area contributed by atoms with Gasteiger partial charge in [-0.2, -0.15) is 10.5 Å². The van der Waals surface area contributed by atoms with E-state index in [-0.39, 0.29) is 21.7 Å². The van der Waals surface area contributed by atoms with E-state index >= 15 is 0 Å². The lowest BCUT2D eigenvalue weighted by atomic mass is 9.83. The first-order valence-electron chi connectivity index (χ1n) is 11.5. The lowest BCUT2D eigenvalue weighted by Crippen LogP contribution is -2.37. The van der Waals surface area contributed by atoms with Gasteiger partial charge in [0.1, 0.15) is 12.1 Å². The number of allylic oxidation sites excluding steroid dienone is 2. The van der Waals surface area contributed by atoms with Gasteiger partial charge in [0, 0.05) is 5.57 Å². The van der Waals surface area contributed by atoms with E-state index in [9.17, 15) is 18.9 Å². The van der Waals surface area contributed by atoms with Gasteiger partial charge in [0.05, 0.1) is 32.7 Å². The molecule has 5 rings (SSSR count). The van der Waals surface area contributed by atoms with Crippen LogP contribution in [0.3, 0.4) is 0 Å². The molecule has 3 aromatic carbocycles. The Bertz CT molecular complexity index is 1690. The van der Waals surface area contributed by atoms with Crippen LogP contribution in [0.5, 0.6) is 0 Å². The lowest BCUT2D eigenvalue weighted by molar-refractivity contribution is 0.462. The van der Waals surface area contributed by atoms with Crippen molar-refractivity contribution in [1.82, 2.24) is 4.31 Å². The molecule has 7 heteroatoms. The minimum atomic E-state index is -4.20. The van der Waals surface area contributed by atoms with E-state index in [1.165, 1.54) is 15.6 Å². The summed E-state index contributed by atoms with van der Waals surface area (Å²) in [7, 11) is -4.20. The van der Waals surface area contributed by atoms with Gasteiger partial charge in [-0.15, -0.1) is 11.3 Å². The normalized spacial score (nSPS) is 15.9. The molecule has 37 heavy (non-hydrogen) atoms. The second-order valence-corrected chi connectivity index (χ2v) is 11.3. The van der Waals surface area contributed by atoms with Crippen LogP contribution < -0.4 is 0 Å². The lowest BCUT2D eigenvalue weighted by Gasteiger charge is -2.39. The molecule has 1 aliphatic rings. The maximum atomic E-state index is 14.4. The summed E-state index contributed by atoms with van der Waals surface area (Å²) in [5.41, 5.74) is 3.29. The van der Waals surface area contributed by atoms with Gasteiger partial charge < -0.3 is 0 Å². The fourth-order valence-electron chi connectivity index (χ4n) is 4.54. The zero-order chi connectivity index (χ0) is 26.0. The van der Waals surface area contributed by atoms with Gasteiger partial charge in [0.2, 0.25) is 0 Å². The zero-order valence-electron chi connectivity index (χ0n) is 19.9. The smallest absolute Gasteiger partial charge is 0.251 e. The van der Waals surface area contributed by atoms with Gasteiger partial charge in [-0.05, 0) is 41.6 Å². The number of benzene rings is 3. The standard InChI is InChI=1S/C30H21N3O2S2/c1-21-14-16-24(17-15-21)37(34,35)33-29(23-11-6-3-7-12-23)25(19-31)28(22-9-4-2-5-10-22)26(20-32)30(33)27-13-8-18-36-27/h2-18,29H,1H3. The van der Waals surface area contributed by atoms with Crippen LogP contribution in [0.1, 0.15) is 27.6 Å². The summed E-state index contributed by atoms with van der Waals surface area (Å²) < 4.78 is 30.1. The highest BCUT2D eigenvalue weighted by atomic mass is 32.2. The van der Waals surface area contributed by atoms with Crippen LogP contribution in [0.15, 0.2) is 118 Å². The summed E-state index contributed by atoms with van der Waals surface area (Å²) in [6.07, 6.45) is 0. The molecule has 2 heterocycles. The highest BCUT2D eigenvalue weighted by Gasteiger charge is 2.44. The predicted molar refractivity (Wildman–Crippen MR) is 145 cm³/mol. The molecule has 180 valence electrons. The van der Waals surface area contributed by atoms with E-state index in [0.717, 1.165) is 5.56 Å². The van der Waals surface area contributed by atoms with Gasteiger partial charge >= 0.3 is 0 Å². The van der Waals surface area contributed by atoms with Crippen LogP contribution in [0.4, 0.5) is 0 Å². The van der Waals surface area contributed by atoms with E-state index in [4.69, 9.17) is 0 Å². The van der Waals surface area contributed by atoms with Crippen LogP contribution in [-0.4, -0.2) is 12.7 Å². The van der Waals surface area contributed by atoms with Crippen molar-refractivity contribution in [2.24, 2.45) is 0 Å². The summed E-state index contributed by atoms with van der Waals surface area (Å²) in [5.74, 6) is 0. The molecule has 0 saturated carbocycles. The summed E-state index contributed by atoms with van der Waals surface area (Å²) >= 11 is 1.35. The highest BCUT2D eigenvalue weighted by molar-refractivity contribution is 7.89. The van der Waals surface area contributed by atoms with Gasteiger partial charge in [0.15, 0.2) is 0 Å². The van der Waals surface area contributed by atoms with E-state index in [0.29, 0.717) is 21.6 Å². The highest BCUT2D eigenvalue weighted by Crippen LogP contribution is 2.50. The van der Waals surface area contributed by atoms with Crippen LogP contribution in [0.25, 0.3) is 11.3 Å². The van der Waals surface area contributed by atoms with Gasteiger partial charge in [-0.1, -0.05) is 84.4 Å². The topological polar surface area (TPSA) is 85.0 Å². The Hall–Kier alpha value is -4.43. The van der Waals surface area contributed by atoms with Crippen molar-refractivity contribution in [3.8, 4) is 12.1 Å². The Morgan fingerprint density at radius 3 is 2.03 bits per heavy atom. The van der Waals surface area contributed by atoms with Crippen molar-refractivity contribution in [3.63, 3.8) is 0 Å². The Balaban J connectivity index is 1.92. The molecule has 0 amide bonds. The summed E-state index contributed by atoms with van der Waals surface area (Å²) in [5, 5.41) is 22.8. The molecular weight excluding hydrogens is 498 g/mol. The first-order chi connectivity index (χ1) is 18.0. The van der Waals surface area contributed by atoms with Crippen molar-refractivity contribution < 1.29 is 8.42 Å². The first kappa shape index (κ1) is 24.3. The minimum Gasteiger partial charge on any atom is -0.251 e. The molecule has 0 saturated heterocycles. The quantitative estimate of drug-likeness (QED) is 0.293. The van der Waals surface area contributed by atoms with Crippen LogP contribution in [-0.2, 0) is 10.0 Å². The molecule has 0 fully saturated rings. The number of rotatable bonds is 5. The fraction of sp³-hybridized carbons (Fsp3) is 0.0667. The largest absolute Gasteiger partial charge is 0.265 e. The van der Waals surface area contributed by atoms with Crippen LogP contribution >= 0.6 is 11.3 Å². The van der Waals surface area contributed by atoms with E-state index in [1.807, 2.05) is 79.0 Å². The average molecular weight is 520 g/mol. The van der Waals surface area contributed by atoms with Crippen molar-refractivity contribution in [2.45, 2.75) is 17.9 Å². The number of nitrogens with zero attached hydrogens (tertiary/aromatic N) is 3. The Kier molecular flexibility index (Phi) is 6.50. The molecule has 0 radical (unpaired) electrons. The number of hydrogen-bond acceptors (Lipinski definition) is 5. The van der Waals surface area contributed by atoms with Gasteiger partial charge in [-0.3, -0.25) is 4.31 Å². The number of nitriles is 2. The Labute approximate surface area is 220 Å². The van der Waals surface area contributed by atoms with E-state index < -0.39 is 16.1 Å². The maximum absolute atomic E-state index is 14.4. The Morgan fingerprint density at radius 2 is 1.46 bits per heavy atom. The molecule has 1 unspecified atom stereocenters. The van der Waals surface area contributed by atoms with Crippen LogP contribution in [0.2, 0.25) is 0 Å². The average Bonchev–Trinajstić information content (AvgIpc) is 3.47. The Morgan fingerprint density at radius 1 is 0.811 bits per heavy atom. The van der Waals surface area contributed by atoms with E-state index in [1.54, 1.807) is 30.3 Å². The molecule has 0 N–H and O–H groups in total. The molecule has 1 aromatic heterocycles. The number of aryl methyl sites for hydroxylation is 1. The number of hydrogen-bond donors (Lipinski definition) is 0. The summed E-state index contributed by atoms with van der Waals surface area (Å²) in [6, 6.07) is 32.1. The second kappa shape index (κ2) is 9.91. The summed E-state index contributed by atoms with van der Waals surface area (Å²) in [6.45, 7) is 1.89. The van der Waals surface area contributed by atoms with E-state index in [2.05, 4.69) is 12.1 Å². The third-order valence-corrected chi connectivity index (χ3v) is 8.88. The third-order valence-electron chi connectivity index (χ3n) is 6.23. The van der Waals surface area contributed by atoms with Crippen LogP contribution in [0, 0.1) is 29.6 Å². The number of thiophene rings is 1. The maximum Gasteiger partial charge on any atom is 0.265 e. The molecule has 1 aliphatic heterocycles. The fourth-order valence-corrected chi connectivity index (χ4v) is 7.01. The predicted octanol–water partition coefficient (Wildman–Crippen LogP) is 6.71. The summed E-state index contributed by atoms with van der Waals surface area (Å²) in [4.78, 5) is 0.712. The molecule has 0 spiro atoms. The molecule has 5 nitrogen and oxygen atoms in total. The van der Waals surface area contributed by atoms with Gasteiger partial charge in [0.25, 0.3) is 10.0 Å². The second-order valence-electron chi connectivity index (χ2n) is 8.51. The van der Waals surface area contributed by atoms with Crippen molar-refractivity contribution >= 4 is 32.6 Å². The van der Waals surface area contributed by atoms with Gasteiger partial charge in [-0.25, -0.2) is 8.42 Å². The SMILES string of the molecule is Cc1ccc(S(=O)(=O)N2C(c3cccs3)=C(C#N)C(c3ccccc3)=C(C#N)C2c2ccccc2)cc1. The zero-order valence-corrected chi connectivity index (χ0v) is 21.5.